The molecule has 1 amide bonds. The molecule has 0 spiro atoms. The Morgan fingerprint density at radius 3 is 2.21 bits per heavy atom. The third-order valence-corrected chi connectivity index (χ3v) is 5.59. The fourth-order valence-corrected chi connectivity index (χ4v) is 5.21. The highest BCUT2D eigenvalue weighted by Crippen LogP contribution is 2.59. The monoisotopic (exact) mass is 266 g/mol. The summed E-state index contributed by atoms with van der Waals surface area (Å²) in [6.07, 6.45) is 7.79. The van der Waals surface area contributed by atoms with Gasteiger partial charge in [0.25, 0.3) is 0 Å². The summed E-state index contributed by atoms with van der Waals surface area (Å²) in [5, 5.41) is 3.10. The average molecular weight is 266 g/mol. The van der Waals surface area contributed by atoms with Crippen molar-refractivity contribution < 1.29 is 9.53 Å². The van der Waals surface area contributed by atoms with Gasteiger partial charge < -0.3 is 15.8 Å². The molecule has 4 nitrogen and oxygen atoms in total. The predicted octanol–water partition coefficient (Wildman–Crippen LogP) is 1.29. The van der Waals surface area contributed by atoms with Crippen LogP contribution in [-0.4, -0.2) is 32.2 Å². The molecule has 4 heteroatoms. The lowest BCUT2D eigenvalue weighted by molar-refractivity contribution is -0.132. The number of nitrogens with one attached hydrogen (secondary N) is 1. The Labute approximate surface area is 115 Å². The summed E-state index contributed by atoms with van der Waals surface area (Å²) < 4.78 is 5.10. The number of nitrogens with two attached hydrogens (primary N) is 1. The van der Waals surface area contributed by atoms with Gasteiger partial charge in [-0.15, -0.1) is 0 Å². The third-order valence-electron chi connectivity index (χ3n) is 5.59. The Morgan fingerprint density at radius 2 is 1.79 bits per heavy atom. The van der Waals surface area contributed by atoms with Crippen molar-refractivity contribution in [2.24, 2.45) is 28.9 Å². The van der Waals surface area contributed by atoms with E-state index in [1.165, 1.54) is 38.5 Å². The van der Waals surface area contributed by atoms with Crippen LogP contribution in [0.5, 0.6) is 0 Å². The van der Waals surface area contributed by atoms with Gasteiger partial charge in [-0.2, -0.15) is 0 Å². The minimum Gasteiger partial charge on any atom is -0.370 e. The molecular weight excluding hydrogens is 240 g/mol. The molecule has 4 aliphatic rings. The number of amides is 1. The zero-order valence-electron chi connectivity index (χ0n) is 11.9. The minimum absolute atomic E-state index is 0.0410. The molecule has 0 saturated heterocycles. The minimum atomic E-state index is -0.492. The highest BCUT2D eigenvalue weighted by atomic mass is 16.5. The van der Waals surface area contributed by atoms with Crippen molar-refractivity contribution in [3.63, 3.8) is 0 Å². The summed E-state index contributed by atoms with van der Waals surface area (Å²) in [6, 6.07) is 0. The lowest BCUT2D eigenvalue weighted by Gasteiger charge is -2.57. The average Bonchev–Trinajstić information content (AvgIpc) is 2.36. The fraction of sp³-hybridized carbons (Fsp3) is 0.933. The molecule has 1 atom stereocenters. The molecular formula is C15H26N2O2. The number of hydrogen-bond donors (Lipinski definition) is 2. The molecule has 4 bridgehead atoms. The third kappa shape index (κ3) is 2.52. The summed E-state index contributed by atoms with van der Waals surface area (Å²) in [5.41, 5.74) is 5.92. The predicted molar refractivity (Wildman–Crippen MR) is 73.5 cm³/mol. The van der Waals surface area contributed by atoms with E-state index in [1.54, 1.807) is 7.11 Å². The zero-order valence-corrected chi connectivity index (χ0v) is 11.9. The summed E-state index contributed by atoms with van der Waals surface area (Å²) in [4.78, 5) is 12.0. The molecule has 0 heterocycles. The van der Waals surface area contributed by atoms with Gasteiger partial charge in [0.05, 0.1) is 0 Å². The highest BCUT2D eigenvalue weighted by Gasteiger charge is 2.50. The number of carbonyl (C=O) groups is 1. The molecule has 3 N–H and O–H groups in total. The number of hydrogen-bond acceptors (Lipinski definition) is 3. The molecule has 0 aromatic carbocycles. The van der Waals surface area contributed by atoms with Gasteiger partial charge in [-0.1, -0.05) is 0 Å². The van der Waals surface area contributed by atoms with E-state index in [4.69, 9.17) is 10.5 Å². The SMILES string of the molecule is COC(CN)C(=O)NCC12CC3CC(CC(C3)C1)C2. The summed E-state index contributed by atoms with van der Waals surface area (Å²) in [6.45, 7) is 1.08. The maximum atomic E-state index is 12.0. The first-order valence-electron chi connectivity index (χ1n) is 7.65. The van der Waals surface area contributed by atoms with Crippen molar-refractivity contribution in [1.29, 1.82) is 0 Å². The number of rotatable bonds is 5. The van der Waals surface area contributed by atoms with E-state index in [2.05, 4.69) is 5.32 Å². The second kappa shape index (κ2) is 5.06. The van der Waals surface area contributed by atoms with Crippen LogP contribution in [0, 0.1) is 23.2 Å². The van der Waals surface area contributed by atoms with Crippen LogP contribution in [0.2, 0.25) is 0 Å². The smallest absolute Gasteiger partial charge is 0.250 e. The maximum absolute atomic E-state index is 12.0. The lowest BCUT2D eigenvalue weighted by atomic mass is 9.49. The van der Waals surface area contributed by atoms with Gasteiger partial charge in [-0.3, -0.25) is 4.79 Å². The molecule has 0 radical (unpaired) electrons. The van der Waals surface area contributed by atoms with Gasteiger partial charge in [-0.25, -0.2) is 0 Å². The Bertz CT molecular complexity index is 317. The molecule has 0 aliphatic heterocycles. The molecule has 0 aromatic heterocycles. The first-order valence-corrected chi connectivity index (χ1v) is 7.65. The number of carbonyl (C=O) groups excluding carboxylic acids is 1. The van der Waals surface area contributed by atoms with Crippen molar-refractivity contribution in [2.45, 2.75) is 44.6 Å². The molecule has 108 valence electrons. The molecule has 19 heavy (non-hydrogen) atoms. The van der Waals surface area contributed by atoms with Crippen LogP contribution in [0.1, 0.15) is 38.5 Å². The van der Waals surface area contributed by atoms with Crippen molar-refractivity contribution >= 4 is 5.91 Å². The van der Waals surface area contributed by atoms with Crippen LogP contribution in [0.3, 0.4) is 0 Å². The Kier molecular flexibility index (Phi) is 3.56. The molecule has 4 fully saturated rings. The zero-order chi connectivity index (χ0) is 13.5. The summed E-state index contributed by atoms with van der Waals surface area (Å²) >= 11 is 0. The van der Waals surface area contributed by atoms with Crippen LogP contribution >= 0.6 is 0 Å². The molecule has 4 aliphatic carbocycles. The van der Waals surface area contributed by atoms with E-state index in [1.807, 2.05) is 0 Å². The molecule has 4 saturated carbocycles. The van der Waals surface area contributed by atoms with Gasteiger partial charge in [0.2, 0.25) is 5.91 Å². The number of methoxy groups -OCH3 is 1. The Hall–Kier alpha value is -0.610. The van der Waals surface area contributed by atoms with Crippen molar-refractivity contribution in [2.75, 3.05) is 20.2 Å². The van der Waals surface area contributed by atoms with E-state index in [-0.39, 0.29) is 12.5 Å². The van der Waals surface area contributed by atoms with Gasteiger partial charge in [0.15, 0.2) is 0 Å². The summed E-state index contributed by atoms with van der Waals surface area (Å²) in [5.74, 6) is 2.74. The van der Waals surface area contributed by atoms with E-state index in [0.29, 0.717) is 5.41 Å². The molecule has 1 unspecified atom stereocenters. The van der Waals surface area contributed by atoms with Crippen LogP contribution in [0.25, 0.3) is 0 Å². The van der Waals surface area contributed by atoms with Crippen molar-refractivity contribution in [1.82, 2.24) is 5.32 Å². The van der Waals surface area contributed by atoms with E-state index in [9.17, 15) is 4.79 Å². The molecule has 4 rings (SSSR count). The normalized spacial score (nSPS) is 41.3. The second-order valence-electron chi connectivity index (χ2n) is 7.10. The van der Waals surface area contributed by atoms with Gasteiger partial charge >= 0.3 is 0 Å². The van der Waals surface area contributed by atoms with Gasteiger partial charge in [0, 0.05) is 20.2 Å². The van der Waals surface area contributed by atoms with Crippen LogP contribution in [-0.2, 0) is 9.53 Å². The van der Waals surface area contributed by atoms with E-state index in [0.717, 1.165) is 24.3 Å². The highest BCUT2D eigenvalue weighted by molar-refractivity contribution is 5.81. The van der Waals surface area contributed by atoms with Crippen LogP contribution < -0.4 is 11.1 Å². The van der Waals surface area contributed by atoms with E-state index < -0.39 is 6.10 Å². The van der Waals surface area contributed by atoms with Gasteiger partial charge in [-0.05, 0) is 61.7 Å². The lowest BCUT2D eigenvalue weighted by Crippen LogP contribution is -2.52. The first kappa shape index (κ1) is 13.4. The first-order chi connectivity index (χ1) is 9.14. The Balaban J connectivity index is 1.59. The van der Waals surface area contributed by atoms with E-state index >= 15 is 0 Å². The fourth-order valence-electron chi connectivity index (χ4n) is 5.21. The number of ether oxygens (including phenoxy) is 1. The Morgan fingerprint density at radius 1 is 1.26 bits per heavy atom. The maximum Gasteiger partial charge on any atom is 0.250 e. The molecule has 0 aromatic rings. The largest absolute Gasteiger partial charge is 0.370 e. The van der Waals surface area contributed by atoms with Crippen LogP contribution in [0.4, 0.5) is 0 Å². The second-order valence-corrected chi connectivity index (χ2v) is 7.10. The summed E-state index contributed by atoms with van der Waals surface area (Å²) in [7, 11) is 1.54. The van der Waals surface area contributed by atoms with Crippen molar-refractivity contribution in [3.8, 4) is 0 Å². The quantitative estimate of drug-likeness (QED) is 0.788. The standard InChI is InChI=1S/C15H26N2O2/c1-19-13(8-16)14(18)17-9-15-5-10-2-11(6-15)4-12(3-10)7-15/h10-13H,2-9,16H2,1H3,(H,17,18). The van der Waals surface area contributed by atoms with Crippen molar-refractivity contribution in [3.05, 3.63) is 0 Å². The van der Waals surface area contributed by atoms with Gasteiger partial charge in [0.1, 0.15) is 6.10 Å². The topological polar surface area (TPSA) is 64.3 Å². The van der Waals surface area contributed by atoms with Crippen LogP contribution in [0.15, 0.2) is 0 Å².